The van der Waals surface area contributed by atoms with Gasteiger partial charge in [0.2, 0.25) is 0 Å². The van der Waals surface area contributed by atoms with Crippen LogP contribution in [0.2, 0.25) is 0 Å². The molecule has 0 bridgehead atoms. The van der Waals surface area contributed by atoms with Crippen molar-refractivity contribution in [1.29, 1.82) is 0 Å². The summed E-state index contributed by atoms with van der Waals surface area (Å²) in [7, 11) is 4.25. The van der Waals surface area contributed by atoms with Crippen LogP contribution in [0, 0.1) is 0 Å². The number of ether oxygens (including phenoxy) is 2. The first-order valence-electron chi connectivity index (χ1n) is 18.5. The molecule has 0 heterocycles. The Morgan fingerprint density at radius 3 is 1.43 bits per heavy atom. The summed E-state index contributed by atoms with van der Waals surface area (Å²) in [4.78, 5) is 2.22. The molecule has 0 amide bonds. The van der Waals surface area contributed by atoms with Crippen LogP contribution in [0.1, 0.15) is 168 Å². The molecule has 3 heteroatoms. The zero-order valence-corrected chi connectivity index (χ0v) is 29.1. The van der Waals surface area contributed by atoms with Gasteiger partial charge in [0.1, 0.15) is 0 Å². The third-order valence-electron chi connectivity index (χ3n) is 7.87. The Morgan fingerprint density at radius 2 is 0.905 bits per heavy atom. The summed E-state index contributed by atoms with van der Waals surface area (Å²) in [6, 6.07) is 0. The van der Waals surface area contributed by atoms with Crippen molar-refractivity contribution in [1.82, 2.24) is 4.90 Å². The Labute approximate surface area is 265 Å². The molecule has 0 aliphatic heterocycles. The largest absolute Gasteiger partial charge is 0.379 e. The molecule has 0 spiro atoms. The van der Waals surface area contributed by atoms with Crippen LogP contribution in [0.5, 0.6) is 0 Å². The van der Waals surface area contributed by atoms with E-state index >= 15 is 0 Å². The molecule has 1 atom stereocenters. The normalized spacial score (nSPS) is 13.1. The topological polar surface area (TPSA) is 21.7 Å². The molecule has 3 nitrogen and oxygen atoms in total. The molecule has 248 valence electrons. The fourth-order valence-corrected chi connectivity index (χ4v) is 5.20. The molecule has 0 saturated heterocycles. The molecule has 42 heavy (non-hydrogen) atoms. The van der Waals surface area contributed by atoms with Gasteiger partial charge in [-0.1, -0.05) is 140 Å². The minimum atomic E-state index is 0.195. The van der Waals surface area contributed by atoms with Crippen LogP contribution in [-0.2, 0) is 9.47 Å². The Morgan fingerprint density at radius 1 is 0.476 bits per heavy atom. The second kappa shape index (κ2) is 36.3. The van der Waals surface area contributed by atoms with Crippen LogP contribution in [0.15, 0.2) is 36.5 Å². The zero-order valence-electron chi connectivity index (χ0n) is 29.1. The van der Waals surface area contributed by atoms with Crippen molar-refractivity contribution in [3.63, 3.8) is 0 Å². The van der Waals surface area contributed by atoms with Gasteiger partial charge >= 0.3 is 0 Å². The van der Waals surface area contributed by atoms with Crippen molar-refractivity contribution in [2.45, 2.75) is 174 Å². The van der Waals surface area contributed by atoms with E-state index < -0.39 is 0 Å². The zero-order chi connectivity index (χ0) is 30.6. The SMILES string of the molecule is CCCC/C=C/C/C=C\CCCCCCCCOCC(CN(C)C)OCCCCCCCCCC/C=C/CCCCC. The molecule has 0 aliphatic carbocycles. The Hall–Kier alpha value is -0.900. The van der Waals surface area contributed by atoms with Crippen molar-refractivity contribution < 1.29 is 9.47 Å². The standard InChI is InChI=1S/C39H75NO2/c1-5-7-9-11-13-15-17-19-21-23-25-27-29-31-33-35-41-38-39(37-40(3)4)42-36-34-32-30-28-26-24-22-20-18-16-14-12-10-8-6-2/h11,13-14,16-17,19,39H,5-10,12,15,18,20-38H2,1-4H3/b13-11+,16-14+,19-17-. The lowest BCUT2D eigenvalue weighted by Crippen LogP contribution is -2.32. The average molecular weight is 590 g/mol. The minimum absolute atomic E-state index is 0.195. The summed E-state index contributed by atoms with van der Waals surface area (Å²) >= 11 is 0. The Kier molecular flexibility index (Phi) is 35.5. The van der Waals surface area contributed by atoms with Crippen LogP contribution in [0.3, 0.4) is 0 Å². The van der Waals surface area contributed by atoms with E-state index in [-0.39, 0.29) is 6.10 Å². The summed E-state index contributed by atoms with van der Waals surface area (Å²) in [5, 5.41) is 0. The summed E-state index contributed by atoms with van der Waals surface area (Å²) in [5.41, 5.74) is 0. The molecular formula is C39H75NO2. The highest BCUT2D eigenvalue weighted by atomic mass is 16.5. The van der Waals surface area contributed by atoms with Crippen molar-refractivity contribution >= 4 is 0 Å². The van der Waals surface area contributed by atoms with Crippen LogP contribution in [0.4, 0.5) is 0 Å². The fourth-order valence-electron chi connectivity index (χ4n) is 5.20. The minimum Gasteiger partial charge on any atom is -0.379 e. The van der Waals surface area contributed by atoms with Gasteiger partial charge in [0.25, 0.3) is 0 Å². The predicted molar refractivity (Wildman–Crippen MR) is 189 cm³/mol. The third-order valence-corrected chi connectivity index (χ3v) is 7.87. The first-order valence-corrected chi connectivity index (χ1v) is 18.5. The smallest absolute Gasteiger partial charge is 0.0934 e. The third kappa shape index (κ3) is 35.3. The van der Waals surface area contributed by atoms with E-state index in [2.05, 4.69) is 69.3 Å². The highest BCUT2D eigenvalue weighted by Crippen LogP contribution is 2.12. The van der Waals surface area contributed by atoms with Gasteiger partial charge in [-0.25, -0.2) is 0 Å². The summed E-state index contributed by atoms with van der Waals surface area (Å²) in [6.45, 7) is 7.94. The summed E-state index contributed by atoms with van der Waals surface area (Å²) in [6.07, 6.45) is 45.7. The molecule has 1 unspecified atom stereocenters. The van der Waals surface area contributed by atoms with Crippen molar-refractivity contribution in [3.8, 4) is 0 Å². The molecule has 0 radical (unpaired) electrons. The van der Waals surface area contributed by atoms with Crippen molar-refractivity contribution in [2.24, 2.45) is 0 Å². The van der Waals surface area contributed by atoms with Crippen LogP contribution in [0.25, 0.3) is 0 Å². The van der Waals surface area contributed by atoms with Crippen LogP contribution >= 0.6 is 0 Å². The first kappa shape index (κ1) is 41.1. The van der Waals surface area contributed by atoms with Gasteiger partial charge in [-0.3, -0.25) is 0 Å². The Bertz CT molecular complexity index is 583. The van der Waals surface area contributed by atoms with E-state index in [0.717, 1.165) is 32.8 Å². The number of allylic oxidation sites excluding steroid dienone is 6. The molecular weight excluding hydrogens is 514 g/mol. The van der Waals surface area contributed by atoms with Gasteiger partial charge in [-0.15, -0.1) is 0 Å². The predicted octanol–water partition coefficient (Wildman–Crippen LogP) is 12.0. The summed E-state index contributed by atoms with van der Waals surface area (Å²) < 4.78 is 12.2. The Balaban J connectivity index is 3.55. The van der Waals surface area contributed by atoms with E-state index in [1.165, 1.54) is 148 Å². The quantitative estimate of drug-likeness (QED) is 0.0550. The van der Waals surface area contributed by atoms with Crippen molar-refractivity contribution in [3.05, 3.63) is 36.5 Å². The van der Waals surface area contributed by atoms with Gasteiger partial charge < -0.3 is 14.4 Å². The van der Waals surface area contributed by atoms with Gasteiger partial charge in [-0.2, -0.15) is 0 Å². The molecule has 0 aromatic heterocycles. The number of hydrogen-bond donors (Lipinski definition) is 0. The molecule has 0 saturated carbocycles. The van der Waals surface area contributed by atoms with Crippen molar-refractivity contribution in [2.75, 3.05) is 40.5 Å². The molecule has 0 aromatic carbocycles. The number of rotatable bonds is 34. The van der Waals surface area contributed by atoms with Crippen LogP contribution < -0.4 is 0 Å². The lowest BCUT2D eigenvalue weighted by Gasteiger charge is -2.21. The summed E-state index contributed by atoms with van der Waals surface area (Å²) in [5.74, 6) is 0. The lowest BCUT2D eigenvalue weighted by atomic mass is 10.1. The van der Waals surface area contributed by atoms with Crippen LogP contribution in [-0.4, -0.2) is 51.5 Å². The van der Waals surface area contributed by atoms with Gasteiger partial charge in [0.15, 0.2) is 0 Å². The second-order valence-electron chi connectivity index (χ2n) is 12.6. The number of nitrogens with zero attached hydrogens (tertiary/aromatic N) is 1. The van der Waals surface area contributed by atoms with E-state index in [0.29, 0.717) is 0 Å². The molecule has 0 rings (SSSR count). The monoisotopic (exact) mass is 590 g/mol. The average Bonchev–Trinajstić information content (AvgIpc) is 2.98. The highest BCUT2D eigenvalue weighted by Gasteiger charge is 2.10. The maximum absolute atomic E-state index is 6.21. The van der Waals surface area contributed by atoms with Gasteiger partial charge in [0, 0.05) is 19.8 Å². The molecule has 0 fully saturated rings. The maximum atomic E-state index is 6.21. The lowest BCUT2D eigenvalue weighted by molar-refractivity contribution is -0.0287. The highest BCUT2D eigenvalue weighted by molar-refractivity contribution is 4.92. The second-order valence-corrected chi connectivity index (χ2v) is 12.6. The molecule has 0 aromatic rings. The van der Waals surface area contributed by atoms with E-state index in [1.54, 1.807) is 0 Å². The van der Waals surface area contributed by atoms with Gasteiger partial charge in [0.05, 0.1) is 12.7 Å². The maximum Gasteiger partial charge on any atom is 0.0934 e. The first-order chi connectivity index (χ1) is 20.7. The molecule has 0 N–H and O–H groups in total. The molecule has 0 aliphatic rings. The van der Waals surface area contributed by atoms with Gasteiger partial charge in [-0.05, 0) is 78.3 Å². The number of unbranched alkanes of at least 4 members (excludes halogenated alkanes) is 19. The fraction of sp³-hybridized carbons (Fsp3) is 0.846. The van der Waals surface area contributed by atoms with E-state index in [9.17, 15) is 0 Å². The van der Waals surface area contributed by atoms with E-state index in [4.69, 9.17) is 9.47 Å². The number of likely N-dealkylation sites (N-methyl/N-ethyl adjacent to an activating group) is 1. The number of hydrogen-bond acceptors (Lipinski definition) is 3. The van der Waals surface area contributed by atoms with E-state index in [1.807, 2.05) is 0 Å².